The summed E-state index contributed by atoms with van der Waals surface area (Å²) < 4.78 is 5.12. The standard InChI is InChI=1S/C8H7NO2.CH5N/c10-8-5-11-7-4-2-1-3-6(7)9-8;1-2/h1-4H,5H2,(H,9,10);2H2,1H3. The molecule has 70 valence electrons. The molecule has 1 aromatic carbocycles. The maximum absolute atomic E-state index is 10.8. The number of hydrogen-bond donors (Lipinski definition) is 2. The lowest BCUT2D eigenvalue weighted by Crippen LogP contribution is -2.25. The Morgan fingerprint density at radius 3 is 2.85 bits per heavy atom. The van der Waals surface area contributed by atoms with Gasteiger partial charge in [-0.1, -0.05) is 12.1 Å². The summed E-state index contributed by atoms with van der Waals surface area (Å²) >= 11 is 0. The summed E-state index contributed by atoms with van der Waals surface area (Å²) in [4.78, 5) is 10.8. The van der Waals surface area contributed by atoms with E-state index in [4.69, 9.17) is 4.74 Å². The third kappa shape index (κ3) is 2.19. The minimum absolute atomic E-state index is 0.0938. The Balaban J connectivity index is 0.000000396. The van der Waals surface area contributed by atoms with E-state index in [0.29, 0.717) is 0 Å². The van der Waals surface area contributed by atoms with E-state index in [1.807, 2.05) is 24.3 Å². The van der Waals surface area contributed by atoms with Gasteiger partial charge in [0.2, 0.25) is 0 Å². The van der Waals surface area contributed by atoms with Gasteiger partial charge < -0.3 is 15.8 Å². The predicted octanol–water partition coefficient (Wildman–Crippen LogP) is 0.592. The summed E-state index contributed by atoms with van der Waals surface area (Å²) in [6, 6.07) is 7.37. The first-order valence-corrected chi connectivity index (χ1v) is 3.96. The number of benzene rings is 1. The number of nitrogens with two attached hydrogens (primary N) is 1. The molecule has 0 atom stereocenters. The summed E-state index contributed by atoms with van der Waals surface area (Å²) in [6.07, 6.45) is 0. The first-order chi connectivity index (χ1) is 6.36. The molecule has 0 bridgehead atoms. The van der Waals surface area contributed by atoms with Crippen molar-refractivity contribution in [2.45, 2.75) is 0 Å². The minimum atomic E-state index is -0.0938. The van der Waals surface area contributed by atoms with Crippen LogP contribution in [-0.4, -0.2) is 19.6 Å². The monoisotopic (exact) mass is 180 g/mol. The Labute approximate surface area is 76.7 Å². The minimum Gasteiger partial charge on any atom is -0.482 e. The maximum Gasteiger partial charge on any atom is 0.262 e. The lowest BCUT2D eigenvalue weighted by atomic mass is 10.2. The normalized spacial score (nSPS) is 12.9. The largest absolute Gasteiger partial charge is 0.482 e. The van der Waals surface area contributed by atoms with E-state index in [1.165, 1.54) is 7.05 Å². The van der Waals surface area contributed by atoms with E-state index >= 15 is 0 Å². The number of anilines is 1. The Hall–Kier alpha value is -1.55. The Morgan fingerprint density at radius 2 is 2.08 bits per heavy atom. The smallest absolute Gasteiger partial charge is 0.262 e. The molecule has 0 radical (unpaired) electrons. The van der Waals surface area contributed by atoms with Gasteiger partial charge in [-0.05, 0) is 19.2 Å². The molecular weight excluding hydrogens is 168 g/mol. The third-order valence-electron chi connectivity index (χ3n) is 1.52. The van der Waals surface area contributed by atoms with Crippen LogP contribution in [0.3, 0.4) is 0 Å². The lowest BCUT2D eigenvalue weighted by molar-refractivity contribution is -0.118. The van der Waals surface area contributed by atoms with Crippen LogP contribution in [0.2, 0.25) is 0 Å². The quantitative estimate of drug-likeness (QED) is 0.614. The fraction of sp³-hybridized carbons (Fsp3) is 0.222. The van der Waals surface area contributed by atoms with Crippen molar-refractivity contribution in [3.63, 3.8) is 0 Å². The fourth-order valence-electron chi connectivity index (χ4n) is 1.03. The zero-order chi connectivity index (χ0) is 9.68. The molecule has 1 amide bonds. The molecule has 3 N–H and O–H groups in total. The molecule has 0 aromatic heterocycles. The molecule has 0 saturated heterocycles. The van der Waals surface area contributed by atoms with Crippen molar-refractivity contribution in [1.29, 1.82) is 0 Å². The van der Waals surface area contributed by atoms with E-state index in [9.17, 15) is 4.79 Å². The maximum atomic E-state index is 10.8. The highest BCUT2D eigenvalue weighted by Crippen LogP contribution is 2.25. The number of carbonyl (C=O) groups excluding carboxylic acids is 1. The highest BCUT2D eigenvalue weighted by molar-refractivity contribution is 5.95. The van der Waals surface area contributed by atoms with Gasteiger partial charge in [0.1, 0.15) is 5.75 Å². The van der Waals surface area contributed by atoms with E-state index in [2.05, 4.69) is 11.1 Å². The fourth-order valence-corrected chi connectivity index (χ4v) is 1.03. The number of para-hydroxylation sites is 2. The number of ether oxygens (including phenoxy) is 1. The first kappa shape index (κ1) is 9.54. The van der Waals surface area contributed by atoms with E-state index in [-0.39, 0.29) is 12.5 Å². The second-order valence-corrected chi connectivity index (χ2v) is 2.33. The molecular formula is C9H12N2O2. The Morgan fingerprint density at radius 1 is 1.38 bits per heavy atom. The van der Waals surface area contributed by atoms with E-state index in [1.54, 1.807) is 0 Å². The topological polar surface area (TPSA) is 64.4 Å². The van der Waals surface area contributed by atoms with Gasteiger partial charge in [0.15, 0.2) is 6.61 Å². The number of nitrogens with one attached hydrogen (secondary N) is 1. The number of carbonyl (C=O) groups is 1. The van der Waals surface area contributed by atoms with E-state index in [0.717, 1.165) is 11.4 Å². The highest BCUT2D eigenvalue weighted by Gasteiger charge is 2.13. The molecule has 4 heteroatoms. The zero-order valence-electron chi connectivity index (χ0n) is 7.41. The molecule has 0 unspecified atom stereocenters. The van der Waals surface area contributed by atoms with Gasteiger partial charge in [0, 0.05) is 0 Å². The van der Waals surface area contributed by atoms with Crippen molar-refractivity contribution in [3.05, 3.63) is 24.3 Å². The van der Waals surface area contributed by atoms with Gasteiger partial charge in [0.05, 0.1) is 5.69 Å². The summed E-state index contributed by atoms with van der Waals surface area (Å²) in [7, 11) is 1.50. The van der Waals surface area contributed by atoms with Gasteiger partial charge >= 0.3 is 0 Å². The molecule has 2 rings (SSSR count). The summed E-state index contributed by atoms with van der Waals surface area (Å²) in [5.74, 6) is 0.649. The first-order valence-electron chi connectivity index (χ1n) is 3.96. The number of rotatable bonds is 0. The second kappa shape index (κ2) is 4.47. The van der Waals surface area contributed by atoms with Crippen LogP contribution in [-0.2, 0) is 4.79 Å². The molecule has 0 aliphatic carbocycles. The molecule has 1 aromatic rings. The molecule has 0 saturated carbocycles. The molecule has 1 aliphatic heterocycles. The average Bonchev–Trinajstić information content (AvgIpc) is 2.21. The molecule has 0 fully saturated rings. The number of fused-ring (bicyclic) bond motifs is 1. The highest BCUT2D eigenvalue weighted by atomic mass is 16.5. The van der Waals surface area contributed by atoms with Gasteiger partial charge in [-0.3, -0.25) is 4.79 Å². The number of hydrogen-bond acceptors (Lipinski definition) is 3. The van der Waals surface area contributed by atoms with Gasteiger partial charge in [-0.2, -0.15) is 0 Å². The van der Waals surface area contributed by atoms with Gasteiger partial charge in [0.25, 0.3) is 5.91 Å². The van der Waals surface area contributed by atoms with Crippen LogP contribution in [0.1, 0.15) is 0 Å². The Kier molecular flexibility index (Phi) is 3.28. The molecule has 0 spiro atoms. The van der Waals surface area contributed by atoms with E-state index < -0.39 is 0 Å². The van der Waals surface area contributed by atoms with Crippen LogP contribution in [0.15, 0.2) is 24.3 Å². The van der Waals surface area contributed by atoms with Crippen molar-refractivity contribution >= 4 is 11.6 Å². The molecule has 1 heterocycles. The van der Waals surface area contributed by atoms with Crippen molar-refractivity contribution in [3.8, 4) is 5.75 Å². The third-order valence-corrected chi connectivity index (χ3v) is 1.52. The van der Waals surface area contributed by atoms with Crippen LogP contribution < -0.4 is 15.8 Å². The molecule has 13 heavy (non-hydrogen) atoms. The summed E-state index contributed by atoms with van der Waals surface area (Å²) in [5.41, 5.74) is 5.25. The van der Waals surface area contributed by atoms with Gasteiger partial charge in [-0.15, -0.1) is 0 Å². The summed E-state index contributed by atoms with van der Waals surface area (Å²) in [5, 5.41) is 2.70. The Bertz CT molecular complexity index is 299. The van der Waals surface area contributed by atoms with Gasteiger partial charge in [-0.25, -0.2) is 0 Å². The van der Waals surface area contributed by atoms with Crippen molar-refractivity contribution in [2.24, 2.45) is 5.73 Å². The lowest BCUT2D eigenvalue weighted by Gasteiger charge is -2.16. The van der Waals surface area contributed by atoms with Crippen LogP contribution >= 0.6 is 0 Å². The second-order valence-electron chi connectivity index (χ2n) is 2.33. The predicted molar refractivity (Wildman–Crippen MR) is 50.7 cm³/mol. The van der Waals surface area contributed by atoms with Crippen molar-refractivity contribution in [2.75, 3.05) is 19.0 Å². The average molecular weight is 180 g/mol. The number of amides is 1. The van der Waals surface area contributed by atoms with Crippen molar-refractivity contribution < 1.29 is 9.53 Å². The molecule has 4 nitrogen and oxygen atoms in total. The van der Waals surface area contributed by atoms with Crippen molar-refractivity contribution in [1.82, 2.24) is 0 Å². The zero-order valence-corrected chi connectivity index (χ0v) is 7.41. The molecule has 1 aliphatic rings. The van der Waals surface area contributed by atoms with Crippen LogP contribution in [0.4, 0.5) is 5.69 Å². The SMILES string of the molecule is CN.O=C1COc2ccccc2N1. The van der Waals surface area contributed by atoms with Crippen LogP contribution in [0.25, 0.3) is 0 Å². The van der Waals surface area contributed by atoms with Crippen LogP contribution in [0.5, 0.6) is 5.75 Å². The summed E-state index contributed by atoms with van der Waals surface area (Å²) in [6.45, 7) is 0.122. The van der Waals surface area contributed by atoms with Crippen LogP contribution in [0, 0.1) is 0 Å².